The predicted octanol–water partition coefficient (Wildman–Crippen LogP) is 2.09. The lowest BCUT2D eigenvalue weighted by Crippen LogP contribution is -2.10. The van der Waals surface area contributed by atoms with Gasteiger partial charge in [-0.3, -0.25) is 10.1 Å². The fourth-order valence-electron chi connectivity index (χ4n) is 1.71. The maximum Gasteiger partial charge on any atom is 0.277 e. The van der Waals surface area contributed by atoms with Crippen molar-refractivity contribution < 1.29 is 9.66 Å². The summed E-state index contributed by atoms with van der Waals surface area (Å²) in [6.07, 6.45) is 0. The first-order valence-corrected chi connectivity index (χ1v) is 5.23. The summed E-state index contributed by atoms with van der Waals surface area (Å²) in [6.45, 7) is 0.799. The second-order valence-electron chi connectivity index (χ2n) is 3.52. The molecule has 0 saturated heterocycles. The van der Waals surface area contributed by atoms with Crippen LogP contribution < -0.4 is 10.5 Å². The molecule has 0 unspecified atom stereocenters. The molecule has 2 N–H and O–H groups in total. The fraction of sp³-hybridized carbons (Fsp3) is 0.167. The Morgan fingerprint density at radius 2 is 1.88 bits per heavy atom. The summed E-state index contributed by atoms with van der Waals surface area (Å²) in [5.41, 5.74) is 5.45. The summed E-state index contributed by atoms with van der Waals surface area (Å²) < 4.78 is 5.46. The highest BCUT2D eigenvalue weighted by Gasteiger charge is 2.14. The van der Waals surface area contributed by atoms with Crippen LogP contribution in [0.25, 0.3) is 10.8 Å². The molecule has 0 saturated carbocycles. The third-order valence-electron chi connectivity index (χ3n) is 2.43. The number of rotatable bonds is 4. The molecular weight excluding hydrogens is 220 g/mol. The lowest BCUT2D eigenvalue weighted by atomic mass is 10.1. The van der Waals surface area contributed by atoms with Gasteiger partial charge in [-0.2, -0.15) is 0 Å². The zero-order valence-electron chi connectivity index (χ0n) is 9.13. The average molecular weight is 232 g/mol. The summed E-state index contributed by atoms with van der Waals surface area (Å²) in [7, 11) is 0. The summed E-state index contributed by atoms with van der Waals surface area (Å²) in [5, 5.41) is 12.2. The van der Waals surface area contributed by atoms with E-state index in [9.17, 15) is 10.1 Å². The molecule has 0 radical (unpaired) electrons. The van der Waals surface area contributed by atoms with Crippen LogP contribution >= 0.6 is 0 Å². The SMILES string of the molecule is NCCOc1ccc([N+](=O)[O-])c2ccccc12. The maximum absolute atomic E-state index is 10.9. The number of hydrogen-bond donors (Lipinski definition) is 1. The van der Waals surface area contributed by atoms with Gasteiger partial charge in [0.05, 0.1) is 10.3 Å². The Kier molecular flexibility index (Phi) is 3.20. The van der Waals surface area contributed by atoms with Crippen molar-refractivity contribution in [1.82, 2.24) is 0 Å². The van der Waals surface area contributed by atoms with Gasteiger partial charge in [0.15, 0.2) is 0 Å². The molecule has 0 aliphatic heterocycles. The first kappa shape index (κ1) is 11.3. The molecule has 0 bridgehead atoms. The molecule has 17 heavy (non-hydrogen) atoms. The number of fused-ring (bicyclic) bond motifs is 1. The number of nitro groups is 1. The van der Waals surface area contributed by atoms with Crippen LogP contribution in [0.15, 0.2) is 36.4 Å². The van der Waals surface area contributed by atoms with E-state index >= 15 is 0 Å². The van der Waals surface area contributed by atoms with Gasteiger partial charge in [-0.1, -0.05) is 18.2 Å². The summed E-state index contributed by atoms with van der Waals surface area (Å²) in [4.78, 5) is 10.5. The monoisotopic (exact) mass is 232 g/mol. The largest absolute Gasteiger partial charge is 0.492 e. The molecule has 5 nitrogen and oxygen atoms in total. The van der Waals surface area contributed by atoms with E-state index in [1.54, 1.807) is 24.3 Å². The Labute approximate surface area is 97.9 Å². The standard InChI is InChI=1S/C12H12N2O3/c13-7-8-17-12-6-5-11(14(15)16)9-3-1-2-4-10(9)12/h1-6H,7-8,13H2. The third kappa shape index (κ3) is 2.19. The first-order chi connectivity index (χ1) is 8.24. The molecule has 0 amide bonds. The van der Waals surface area contributed by atoms with E-state index in [1.807, 2.05) is 6.07 Å². The number of ether oxygens (including phenoxy) is 1. The molecule has 0 aromatic heterocycles. The molecular formula is C12H12N2O3. The maximum atomic E-state index is 10.9. The molecule has 0 aliphatic rings. The minimum atomic E-state index is -0.394. The first-order valence-electron chi connectivity index (χ1n) is 5.23. The zero-order chi connectivity index (χ0) is 12.3. The Hall–Kier alpha value is -2.14. The molecule has 0 heterocycles. The third-order valence-corrected chi connectivity index (χ3v) is 2.43. The van der Waals surface area contributed by atoms with Crippen molar-refractivity contribution in [3.8, 4) is 5.75 Å². The number of nitrogens with zero attached hydrogens (tertiary/aromatic N) is 1. The predicted molar refractivity (Wildman–Crippen MR) is 65.2 cm³/mol. The molecule has 88 valence electrons. The summed E-state index contributed by atoms with van der Waals surface area (Å²) >= 11 is 0. The highest BCUT2D eigenvalue weighted by atomic mass is 16.6. The van der Waals surface area contributed by atoms with E-state index in [2.05, 4.69) is 0 Å². The van der Waals surface area contributed by atoms with Crippen LogP contribution in [0.1, 0.15) is 0 Å². The molecule has 0 spiro atoms. The van der Waals surface area contributed by atoms with Crippen LogP contribution in [-0.4, -0.2) is 18.1 Å². The van der Waals surface area contributed by atoms with Crippen molar-refractivity contribution in [2.75, 3.05) is 13.2 Å². The molecule has 2 rings (SSSR count). The van der Waals surface area contributed by atoms with Gasteiger partial charge >= 0.3 is 0 Å². The fourth-order valence-corrected chi connectivity index (χ4v) is 1.71. The van der Waals surface area contributed by atoms with E-state index in [-0.39, 0.29) is 5.69 Å². The van der Waals surface area contributed by atoms with E-state index in [1.165, 1.54) is 6.07 Å². The number of benzene rings is 2. The normalized spacial score (nSPS) is 10.4. The highest BCUT2D eigenvalue weighted by Crippen LogP contribution is 2.32. The van der Waals surface area contributed by atoms with E-state index in [0.717, 1.165) is 5.39 Å². The van der Waals surface area contributed by atoms with Crippen molar-refractivity contribution >= 4 is 16.5 Å². The number of nitro benzene ring substituents is 1. The summed E-state index contributed by atoms with van der Waals surface area (Å²) in [6, 6.07) is 10.2. The van der Waals surface area contributed by atoms with Gasteiger partial charge in [0.2, 0.25) is 0 Å². The molecule has 0 atom stereocenters. The Morgan fingerprint density at radius 1 is 1.18 bits per heavy atom. The molecule has 0 aliphatic carbocycles. The average Bonchev–Trinajstić information content (AvgIpc) is 2.35. The number of non-ortho nitro benzene ring substituents is 1. The van der Waals surface area contributed by atoms with Crippen molar-refractivity contribution in [2.24, 2.45) is 5.73 Å². The van der Waals surface area contributed by atoms with Crippen LogP contribution in [0.5, 0.6) is 5.75 Å². The van der Waals surface area contributed by atoms with Gasteiger partial charge in [-0.05, 0) is 12.1 Å². The van der Waals surface area contributed by atoms with Crippen LogP contribution in [-0.2, 0) is 0 Å². The molecule has 5 heteroatoms. The van der Waals surface area contributed by atoms with E-state index in [4.69, 9.17) is 10.5 Å². The van der Waals surface area contributed by atoms with Crippen LogP contribution in [0.4, 0.5) is 5.69 Å². The topological polar surface area (TPSA) is 78.4 Å². The highest BCUT2D eigenvalue weighted by molar-refractivity contribution is 5.95. The van der Waals surface area contributed by atoms with E-state index in [0.29, 0.717) is 24.3 Å². The van der Waals surface area contributed by atoms with E-state index < -0.39 is 4.92 Å². The second-order valence-corrected chi connectivity index (χ2v) is 3.52. The van der Waals surface area contributed by atoms with Crippen molar-refractivity contribution in [2.45, 2.75) is 0 Å². The Bertz CT molecular complexity index is 554. The lowest BCUT2D eigenvalue weighted by Gasteiger charge is -2.08. The van der Waals surface area contributed by atoms with Crippen LogP contribution in [0.3, 0.4) is 0 Å². The minimum absolute atomic E-state index is 0.0840. The summed E-state index contributed by atoms with van der Waals surface area (Å²) in [5.74, 6) is 0.622. The second kappa shape index (κ2) is 4.80. The lowest BCUT2D eigenvalue weighted by molar-refractivity contribution is -0.383. The van der Waals surface area contributed by atoms with Crippen LogP contribution in [0, 0.1) is 10.1 Å². The molecule has 2 aromatic carbocycles. The van der Waals surface area contributed by atoms with Crippen molar-refractivity contribution in [1.29, 1.82) is 0 Å². The van der Waals surface area contributed by atoms with Gasteiger partial charge in [0.25, 0.3) is 5.69 Å². The Morgan fingerprint density at radius 3 is 2.53 bits per heavy atom. The van der Waals surface area contributed by atoms with Gasteiger partial charge in [0.1, 0.15) is 12.4 Å². The number of hydrogen-bond acceptors (Lipinski definition) is 4. The minimum Gasteiger partial charge on any atom is -0.492 e. The zero-order valence-corrected chi connectivity index (χ0v) is 9.13. The van der Waals surface area contributed by atoms with Crippen LogP contribution in [0.2, 0.25) is 0 Å². The smallest absolute Gasteiger partial charge is 0.277 e. The van der Waals surface area contributed by atoms with Crippen molar-refractivity contribution in [3.63, 3.8) is 0 Å². The van der Waals surface area contributed by atoms with Gasteiger partial charge in [-0.25, -0.2) is 0 Å². The van der Waals surface area contributed by atoms with Crippen molar-refractivity contribution in [3.05, 3.63) is 46.5 Å². The number of nitrogens with two attached hydrogens (primary N) is 1. The van der Waals surface area contributed by atoms with Gasteiger partial charge < -0.3 is 10.5 Å². The Balaban J connectivity index is 2.58. The van der Waals surface area contributed by atoms with Gasteiger partial charge in [-0.15, -0.1) is 0 Å². The van der Waals surface area contributed by atoms with Gasteiger partial charge in [0, 0.05) is 18.0 Å². The quantitative estimate of drug-likeness (QED) is 0.646. The molecule has 2 aromatic rings. The molecule has 0 fully saturated rings.